The summed E-state index contributed by atoms with van der Waals surface area (Å²) in [5, 5.41) is 2.94. The summed E-state index contributed by atoms with van der Waals surface area (Å²) in [6.45, 7) is 3.35. The summed E-state index contributed by atoms with van der Waals surface area (Å²) >= 11 is 0. The second kappa shape index (κ2) is 11.4. The number of benzene rings is 3. The van der Waals surface area contributed by atoms with E-state index in [2.05, 4.69) is 22.3 Å². The van der Waals surface area contributed by atoms with Crippen LogP contribution in [-0.4, -0.2) is 52.1 Å². The summed E-state index contributed by atoms with van der Waals surface area (Å²) in [7, 11) is -2.42. The first-order valence-corrected chi connectivity index (χ1v) is 14.4. The lowest BCUT2D eigenvalue weighted by Crippen LogP contribution is -2.50. The van der Waals surface area contributed by atoms with Crippen LogP contribution in [0.15, 0.2) is 77.7 Å². The third-order valence-electron chi connectivity index (χ3n) is 6.99. The maximum atomic E-state index is 13.6. The molecule has 9 heteroatoms. The number of rotatable bonds is 8. The molecule has 1 saturated heterocycles. The molecule has 2 aliphatic rings. The van der Waals surface area contributed by atoms with E-state index < -0.39 is 16.1 Å². The van der Waals surface area contributed by atoms with Crippen LogP contribution in [-0.2, 0) is 27.9 Å². The monoisotopic (exact) mass is 535 g/mol. The molecule has 5 rings (SSSR count). The number of carbonyl (C=O) groups excluding carboxylic acids is 1. The Balaban J connectivity index is 1.29. The highest BCUT2D eigenvalue weighted by molar-refractivity contribution is 7.92. The number of piperidine rings is 1. The molecule has 0 unspecified atom stereocenters. The van der Waals surface area contributed by atoms with Crippen molar-refractivity contribution in [3.63, 3.8) is 0 Å². The van der Waals surface area contributed by atoms with E-state index in [-0.39, 0.29) is 17.3 Å². The molecule has 0 bridgehead atoms. The van der Waals surface area contributed by atoms with E-state index in [9.17, 15) is 13.2 Å². The number of hydrogen-bond acceptors (Lipinski definition) is 6. The molecule has 200 valence electrons. The minimum absolute atomic E-state index is 0.111. The number of sulfonamides is 1. The van der Waals surface area contributed by atoms with E-state index in [0.717, 1.165) is 25.2 Å². The van der Waals surface area contributed by atoms with Crippen LogP contribution in [0.3, 0.4) is 0 Å². The van der Waals surface area contributed by atoms with Crippen LogP contribution in [0.5, 0.6) is 11.5 Å². The number of nitrogens with zero attached hydrogens (tertiary/aromatic N) is 2. The SMILES string of the molecule is COc1ccc(S(=O)(=O)N2C[C@H](C(=O)NCc3cccc(CN4CCCCC4)c3)Oc3ccccc32)cc1. The Morgan fingerprint density at radius 2 is 1.71 bits per heavy atom. The summed E-state index contributed by atoms with van der Waals surface area (Å²) in [4.78, 5) is 15.8. The molecule has 38 heavy (non-hydrogen) atoms. The molecule has 0 radical (unpaired) electrons. The first-order valence-electron chi connectivity index (χ1n) is 12.9. The Morgan fingerprint density at radius 3 is 2.47 bits per heavy atom. The van der Waals surface area contributed by atoms with Gasteiger partial charge in [0, 0.05) is 13.1 Å². The Bertz CT molecular complexity index is 1370. The van der Waals surface area contributed by atoms with Crippen molar-refractivity contribution >= 4 is 21.6 Å². The van der Waals surface area contributed by atoms with Crippen molar-refractivity contribution in [1.82, 2.24) is 10.2 Å². The second-order valence-electron chi connectivity index (χ2n) is 9.66. The average Bonchev–Trinajstić information content (AvgIpc) is 2.96. The van der Waals surface area contributed by atoms with Gasteiger partial charge in [0.25, 0.3) is 15.9 Å². The predicted molar refractivity (Wildman–Crippen MR) is 146 cm³/mol. The van der Waals surface area contributed by atoms with E-state index in [1.165, 1.54) is 48.4 Å². The van der Waals surface area contributed by atoms with Gasteiger partial charge in [-0.15, -0.1) is 0 Å². The van der Waals surface area contributed by atoms with Gasteiger partial charge < -0.3 is 14.8 Å². The van der Waals surface area contributed by atoms with Crippen molar-refractivity contribution in [3.8, 4) is 11.5 Å². The summed E-state index contributed by atoms with van der Waals surface area (Å²) in [5.41, 5.74) is 2.61. The van der Waals surface area contributed by atoms with Crippen LogP contribution in [0.4, 0.5) is 5.69 Å². The van der Waals surface area contributed by atoms with E-state index >= 15 is 0 Å². The average molecular weight is 536 g/mol. The molecule has 0 aliphatic carbocycles. The van der Waals surface area contributed by atoms with Crippen molar-refractivity contribution < 1.29 is 22.7 Å². The van der Waals surface area contributed by atoms with Crippen molar-refractivity contribution in [1.29, 1.82) is 0 Å². The Labute approximate surface area is 224 Å². The third-order valence-corrected chi connectivity index (χ3v) is 8.78. The fourth-order valence-electron chi connectivity index (χ4n) is 4.96. The van der Waals surface area contributed by atoms with Gasteiger partial charge in [-0.05, 0) is 73.5 Å². The van der Waals surface area contributed by atoms with Crippen LogP contribution in [0.25, 0.3) is 0 Å². The Kier molecular flexibility index (Phi) is 7.85. The zero-order valence-electron chi connectivity index (χ0n) is 21.5. The molecule has 0 aromatic heterocycles. The molecule has 2 heterocycles. The number of ether oxygens (including phenoxy) is 2. The lowest BCUT2D eigenvalue weighted by atomic mass is 10.1. The van der Waals surface area contributed by atoms with Gasteiger partial charge in [-0.25, -0.2) is 8.42 Å². The Hall–Kier alpha value is -3.56. The number of anilines is 1. The molecular formula is C29H33N3O5S. The third kappa shape index (κ3) is 5.79. The minimum atomic E-state index is -3.94. The van der Waals surface area contributed by atoms with Gasteiger partial charge in [0.15, 0.2) is 6.10 Å². The van der Waals surface area contributed by atoms with Gasteiger partial charge in [-0.3, -0.25) is 14.0 Å². The number of nitrogens with one attached hydrogen (secondary N) is 1. The zero-order valence-corrected chi connectivity index (χ0v) is 22.3. The predicted octanol–water partition coefficient (Wildman–Crippen LogP) is 3.95. The molecule has 2 aliphatic heterocycles. The lowest BCUT2D eigenvalue weighted by Gasteiger charge is -2.34. The molecule has 1 amide bonds. The fourth-order valence-corrected chi connectivity index (χ4v) is 6.43. The molecule has 1 fully saturated rings. The van der Waals surface area contributed by atoms with Crippen LogP contribution in [0.2, 0.25) is 0 Å². The lowest BCUT2D eigenvalue weighted by molar-refractivity contribution is -0.127. The van der Waals surface area contributed by atoms with Gasteiger partial charge in [-0.2, -0.15) is 0 Å². The number of amides is 1. The first-order chi connectivity index (χ1) is 18.4. The van der Waals surface area contributed by atoms with Crippen LogP contribution >= 0.6 is 0 Å². The van der Waals surface area contributed by atoms with Gasteiger partial charge in [-0.1, -0.05) is 42.8 Å². The van der Waals surface area contributed by atoms with Crippen LogP contribution < -0.4 is 19.1 Å². The highest BCUT2D eigenvalue weighted by Crippen LogP contribution is 2.37. The van der Waals surface area contributed by atoms with Crippen molar-refractivity contribution in [2.45, 2.75) is 43.4 Å². The van der Waals surface area contributed by atoms with E-state index in [4.69, 9.17) is 9.47 Å². The van der Waals surface area contributed by atoms with Gasteiger partial charge in [0.2, 0.25) is 0 Å². The molecule has 0 spiro atoms. The summed E-state index contributed by atoms with van der Waals surface area (Å²) < 4.78 is 39.5. The molecule has 3 aromatic rings. The maximum absolute atomic E-state index is 13.6. The van der Waals surface area contributed by atoms with Gasteiger partial charge in [0.05, 0.1) is 24.2 Å². The molecular weight excluding hydrogens is 502 g/mol. The number of methoxy groups -OCH3 is 1. The van der Waals surface area contributed by atoms with E-state index in [1.807, 2.05) is 12.1 Å². The van der Waals surface area contributed by atoms with Crippen LogP contribution in [0.1, 0.15) is 30.4 Å². The molecule has 0 saturated carbocycles. The van der Waals surface area contributed by atoms with Gasteiger partial charge in [0.1, 0.15) is 11.5 Å². The second-order valence-corrected chi connectivity index (χ2v) is 11.5. The van der Waals surface area contributed by atoms with Crippen molar-refractivity contribution in [3.05, 3.63) is 83.9 Å². The highest BCUT2D eigenvalue weighted by Gasteiger charge is 2.37. The minimum Gasteiger partial charge on any atom is -0.497 e. The standard InChI is InChI=1S/C29H33N3O5S/c1-36-24-12-14-25(15-13-24)38(34,35)32-21-28(37-27-11-4-3-10-26(27)32)29(33)30-19-22-8-7-9-23(18-22)20-31-16-5-2-6-17-31/h3-4,7-15,18,28H,2,5-6,16-17,19-21H2,1H3,(H,30,33)/t28-/m1/s1. The highest BCUT2D eigenvalue weighted by atomic mass is 32.2. The van der Waals surface area contributed by atoms with E-state index in [0.29, 0.717) is 23.7 Å². The fraction of sp³-hybridized carbons (Fsp3) is 0.345. The maximum Gasteiger partial charge on any atom is 0.264 e. The smallest absolute Gasteiger partial charge is 0.264 e. The number of carbonyl (C=O) groups is 1. The zero-order chi connectivity index (χ0) is 26.5. The quantitative estimate of drug-likeness (QED) is 0.470. The normalized spacial score (nSPS) is 17.8. The number of fused-ring (bicyclic) bond motifs is 1. The number of likely N-dealkylation sites (tertiary alicyclic amines) is 1. The van der Waals surface area contributed by atoms with Crippen molar-refractivity contribution in [2.75, 3.05) is 31.0 Å². The molecule has 1 atom stereocenters. The van der Waals surface area contributed by atoms with Crippen LogP contribution in [0, 0.1) is 0 Å². The first kappa shape index (κ1) is 26.1. The molecule has 1 N–H and O–H groups in total. The number of para-hydroxylation sites is 2. The summed E-state index contributed by atoms with van der Waals surface area (Å²) in [6.07, 6.45) is 2.79. The Morgan fingerprint density at radius 1 is 0.974 bits per heavy atom. The summed E-state index contributed by atoms with van der Waals surface area (Å²) in [5.74, 6) is 0.541. The molecule has 3 aromatic carbocycles. The van der Waals surface area contributed by atoms with Crippen molar-refractivity contribution in [2.24, 2.45) is 0 Å². The summed E-state index contributed by atoms with van der Waals surface area (Å²) in [6, 6.07) is 21.3. The van der Waals surface area contributed by atoms with Gasteiger partial charge >= 0.3 is 0 Å². The molecule has 8 nitrogen and oxygen atoms in total. The largest absolute Gasteiger partial charge is 0.497 e. The number of hydrogen-bond donors (Lipinski definition) is 1. The van der Waals surface area contributed by atoms with E-state index in [1.54, 1.807) is 36.4 Å². The topological polar surface area (TPSA) is 88.2 Å².